The van der Waals surface area contributed by atoms with Crippen molar-refractivity contribution in [2.24, 2.45) is 0 Å². The number of aliphatic hydroxyl groups excluding tert-OH is 1. The van der Waals surface area contributed by atoms with Gasteiger partial charge >= 0.3 is 0 Å². The summed E-state index contributed by atoms with van der Waals surface area (Å²) in [6.45, 7) is 0. The maximum Gasteiger partial charge on any atom is 0.182 e. The maximum atomic E-state index is 9.39. The fourth-order valence-corrected chi connectivity index (χ4v) is 1.37. The zero-order valence-electron chi connectivity index (χ0n) is 7.77. The quantitative estimate of drug-likeness (QED) is 0.604. The first-order valence-corrected chi connectivity index (χ1v) is 4.08. The minimum Gasteiger partial charge on any atom is -0.378 e. The van der Waals surface area contributed by atoms with E-state index in [-0.39, 0.29) is 12.2 Å². The number of aliphatic hydroxyl groups is 1. The van der Waals surface area contributed by atoms with E-state index in [1.54, 1.807) is 7.11 Å². The molecule has 1 rings (SSSR count). The summed E-state index contributed by atoms with van der Waals surface area (Å²) in [6.07, 6.45) is 3.73. The first-order chi connectivity index (χ1) is 6.22. The summed E-state index contributed by atoms with van der Waals surface area (Å²) in [6, 6.07) is 0. The van der Waals surface area contributed by atoms with E-state index in [1.807, 2.05) is 0 Å². The summed E-state index contributed by atoms with van der Waals surface area (Å²) in [5.74, 6) is 2.42. The Morgan fingerprint density at radius 1 is 1.38 bits per heavy atom. The van der Waals surface area contributed by atoms with Crippen LogP contribution in [0.3, 0.4) is 0 Å². The van der Waals surface area contributed by atoms with Gasteiger partial charge in [0.2, 0.25) is 0 Å². The normalized spacial score (nSPS) is 39.8. The highest BCUT2D eigenvalue weighted by atomic mass is 16.7. The molecule has 1 fully saturated rings. The van der Waals surface area contributed by atoms with Crippen LogP contribution >= 0.6 is 0 Å². The largest absolute Gasteiger partial charge is 0.378 e. The van der Waals surface area contributed by atoms with E-state index >= 15 is 0 Å². The molecule has 0 aromatic heterocycles. The van der Waals surface area contributed by atoms with Crippen LogP contribution in [0.5, 0.6) is 0 Å². The molecule has 1 heterocycles. The van der Waals surface area contributed by atoms with Crippen LogP contribution in [0.2, 0.25) is 0 Å². The Balaban J connectivity index is 2.61. The van der Waals surface area contributed by atoms with Gasteiger partial charge < -0.3 is 19.3 Å². The lowest BCUT2D eigenvalue weighted by Crippen LogP contribution is -2.48. The number of ether oxygens (including phenoxy) is 3. The molecule has 0 saturated carbocycles. The molecule has 4 atom stereocenters. The van der Waals surface area contributed by atoms with Crippen LogP contribution in [0.4, 0.5) is 0 Å². The number of hydrogen-bond acceptors (Lipinski definition) is 4. The highest BCUT2D eigenvalue weighted by molar-refractivity contribution is 5.02. The zero-order chi connectivity index (χ0) is 9.84. The summed E-state index contributed by atoms with van der Waals surface area (Å²) in [4.78, 5) is 0. The van der Waals surface area contributed by atoms with Crippen molar-refractivity contribution >= 4 is 0 Å². The molecule has 4 nitrogen and oxygen atoms in total. The van der Waals surface area contributed by atoms with Crippen LogP contribution in [0.25, 0.3) is 0 Å². The number of terminal acetylenes is 1. The lowest BCUT2D eigenvalue weighted by Gasteiger charge is -2.35. The SMILES string of the molecule is C#CC1OC(O)C(OC)CC1OC. The van der Waals surface area contributed by atoms with E-state index in [0.29, 0.717) is 6.42 Å². The van der Waals surface area contributed by atoms with E-state index < -0.39 is 12.4 Å². The van der Waals surface area contributed by atoms with Crippen molar-refractivity contribution in [2.45, 2.75) is 31.0 Å². The van der Waals surface area contributed by atoms with Gasteiger partial charge in [0.1, 0.15) is 12.2 Å². The number of rotatable bonds is 2. The van der Waals surface area contributed by atoms with E-state index in [1.165, 1.54) is 7.11 Å². The Hall–Kier alpha value is -0.600. The Labute approximate surface area is 77.8 Å². The van der Waals surface area contributed by atoms with Gasteiger partial charge in [0.05, 0.1) is 6.10 Å². The van der Waals surface area contributed by atoms with Gasteiger partial charge in [-0.3, -0.25) is 0 Å². The molecule has 0 spiro atoms. The molecule has 74 valence electrons. The van der Waals surface area contributed by atoms with Crippen LogP contribution in [0.15, 0.2) is 0 Å². The molecule has 4 heteroatoms. The molecule has 1 aliphatic rings. The molecule has 13 heavy (non-hydrogen) atoms. The maximum absolute atomic E-state index is 9.39. The Morgan fingerprint density at radius 3 is 2.46 bits per heavy atom. The van der Waals surface area contributed by atoms with Crippen molar-refractivity contribution in [3.63, 3.8) is 0 Å². The predicted octanol–water partition coefficient (Wildman–Crippen LogP) is -0.243. The van der Waals surface area contributed by atoms with Gasteiger partial charge in [-0.05, 0) is 0 Å². The fourth-order valence-electron chi connectivity index (χ4n) is 1.37. The summed E-state index contributed by atoms with van der Waals surface area (Å²) in [7, 11) is 3.07. The molecule has 4 unspecified atom stereocenters. The lowest BCUT2D eigenvalue weighted by atomic mass is 10.0. The summed E-state index contributed by atoms with van der Waals surface area (Å²) in [5, 5.41) is 9.39. The first-order valence-electron chi connectivity index (χ1n) is 4.08. The molecule has 1 aliphatic heterocycles. The van der Waals surface area contributed by atoms with Crippen LogP contribution in [0, 0.1) is 12.3 Å². The summed E-state index contributed by atoms with van der Waals surface area (Å²) >= 11 is 0. The highest BCUT2D eigenvalue weighted by Crippen LogP contribution is 2.22. The van der Waals surface area contributed by atoms with Crippen LogP contribution in [-0.2, 0) is 14.2 Å². The molecule has 0 aliphatic carbocycles. The average molecular weight is 186 g/mol. The number of hydrogen-bond donors (Lipinski definition) is 1. The molecular weight excluding hydrogens is 172 g/mol. The molecular formula is C9H14O4. The van der Waals surface area contributed by atoms with Crippen molar-refractivity contribution in [3.8, 4) is 12.3 Å². The second-order valence-electron chi connectivity index (χ2n) is 2.90. The Bertz CT molecular complexity index is 198. The van der Waals surface area contributed by atoms with Crippen molar-refractivity contribution in [2.75, 3.05) is 14.2 Å². The van der Waals surface area contributed by atoms with Crippen LogP contribution in [0.1, 0.15) is 6.42 Å². The zero-order valence-corrected chi connectivity index (χ0v) is 7.77. The third-order valence-corrected chi connectivity index (χ3v) is 2.18. The minimum atomic E-state index is -0.961. The van der Waals surface area contributed by atoms with E-state index in [9.17, 15) is 5.11 Å². The highest BCUT2D eigenvalue weighted by Gasteiger charge is 2.36. The van der Waals surface area contributed by atoms with Gasteiger partial charge in [-0.2, -0.15) is 0 Å². The number of methoxy groups -OCH3 is 2. The average Bonchev–Trinajstić information content (AvgIpc) is 2.17. The van der Waals surface area contributed by atoms with Gasteiger partial charge in [0.25, 0.3) is 0 Å². The van der Waals surface area contributed by atoms with Crippen LogP contribution < -0.4 is 0 Å². The Morgan fingerprint density at radius 2 is 2.00 bits per heavy atom. The molecule has 0 aromatic rings. The summed E-state index contributed by atoms with van der Waals surface area (Å²) in [5.41, 5.74) is 0. The Kier molecular flexibility index (Phi) is 3.70. The van der Waals surface area contributed by atoms with Gasteiger partial charge in [0.15, 0.2) is 6.29 Å². The van der Waals surface area contributed by atoms with Crippen molar-refractivity contribution in [3.05, 3.63) is 0 Å². The molecule has 1 saturated heterocycles. The van der Waals surface area contributed by atoms with Gasteiger partial charge in [-0.15, -0.1) is 6.42 Å². The third-order valence-electron chi connectivity index (χ3n) is 2.18. The molecule has 0 radical (unpaired) electrons. The van der Waals surface area contributed by atoms with Crippen molar-refractivity contribution in [1.82, 2.24) is 0 Å². The first kappa shape index (κ1) is 10.5. The van der Waals surface area contributed by atoms with E-state index in [2.05, 4.69) is 5.92 Å². The molecule has 0 bridgehead atoms. The fraction of sp³-hybridized carbons (Fsp3) is 0.778. The standard InChI is InChI=1S/C9H14O4/c1-4-6-7(11-2)5-8(12-3)9(10)13-6/h1,6-10H,5H2,2-3H3. The van der Waals surface area contributed by atoms with E-state index in [0.717, 1.165) is 0 Å². The smallest absolute Gasteiger partial charge is 0.182 e. The second kappa shape index (κ2) is 4.58. The topological polar surface area (TPSA) is 47.9 Å². The van der Waals surface area contributed by atoms with E-state index in [4.69, 9.17) is 20.6 Å². The third kappa shape index (κ3) is 2.20. The van der Waals surface area contributed by atoms with Gasteiger partial charge in [-0.1, -0.05) is 5.92 Å². The van der Waals surface area contributed by atoms with Crippen molar-refractivity contribution < 1.29 is 19.3 Å². The molecule has 0 amide bonds. The van der Waals surface area contributed by atoms with Crippen LogP contribution in [-0.4, -0.2) is 43.9 Å². The molecule has 1 N–H and O–H groups in total. The minimum absolute atomic E-state index is 0.210. The monoisotopic (exact) mass is 186 g/mol. The van der Waals surface area contributed by atoms with Gasteiger partial charge in [0, 0.05) is 20.6 Å². The lowest BCUT2D eigenvalue weighted by molar-refractivity contribution is -0.241. The molecule has 0 aromatic carbocycles. The van der Waals surface area contributed by atoms with Gasteiger partial charge in [-0.25, -0.2) is 0 Å². The second-order valence-corrected chi connectivity index (χ2v) is 2.90. The van der Waals surface area contributed by atoms with Crippen molar-refractivity contribution in [1.29, 1.82) is 0 Å². The predicted molar refractivity (Wildman–Crippen MR) is 45.9 cm³/mol. The summed E-state index contributed by atoms with van der Waals surface area (Å²) < 4.78 is 15.2.